The highest BCUT2D eigenvalue weighted by Crippen LogP contribution is 2.10. The van der Waals surface area contributed by atoms with Crippen LogP contribution < -0.4 is 5.32 Å². The second-order valence-electron chi connectivity index (χ2n) is 3.93. The number of para-hydroxylation sites is 1. The molecule has 0 bridgehead atoms. The van der Waals surface area contributed by atoms with E-state index in [-0.39, 0.29) is 5.78 Å². The summed E-state index contributed by atoms with van der Waals surface area (Å²) in [4.78, 5) is 12.0. The Labute approximate surface area is 112 Å². The number of anilines is 1. The van der Waals surface area contributed by atoms with E-state index in [0.717, 1.165) is 5.69 Å². The predicted octanol–water partition coefficient (Wildman–Crippen LogP) is 3.47. The lowest BCUT2D eigenvalue weighted by atomic mass is 10.1. The third-order valence-corrected chi connectivity index (χ3v) is 2.58. The Morgan fingerprint density at radius 3 is 2.16 bits per heavy atom. The maximum atomic E-state index is 12.0. The fourth-order valence-corrected chi connectivity index (χ4v) is 1.61. The van der Waals surface area contributed by atoms with Crippen LogP contribution in [0, 0.1) is 0 Å². The number of allylic oxidation sites excluding steroid dienone is 1. The van der Waals surface area contributed by atoms with E-state index in [2.05, 4.69) is 5.32 Å². The van der Waals surface area contributed by atoms with Crippen molar-refractivity contribution in [1.29, 1.82) is 0 Å². The molecule has 0 radical (unpaired) electrons. The highest BCUT2D eigenvalue weighted by atomic mass is 16.5. The van der Waals surface area contributed by atoms with Crippen LogP contribution in [0.3, 0.4) is 0 Å². The fraction of sp³-hybridized carbons (Fsp3) is 0.0625. The third-order valence-electron chi connectivity index (χ3n) is 2.58. The summed E-state index contributed by atoms with van der Waals surface area (Å²) in [6, 6.07) is 18.6. The Morgan fingerprint density at radius 2 is 1.58 bits per heavy atom. The molecule has 0 unspecified atom stereocenters. The maximum Gasteiger partial charge on any atom is 0.194 e. The summed E-state index contributed by atoms with van der Waals surface area (Å²) in [6.07, 6.45) is 1.45. The quantitative estimate of drug-likeness (QED) is 0.503. The predicted molar refractivity (Wildman–Crippen MR) is 75.9 cm³/mol. The van der Waals surface area contributed by atoms with Crippen LogP contribution in [0.1, 0.15) is 10.4 Å². The molecule has 2 rings (SSSR count). The van der Waals surface area contributed by atoms with E-state index < -0.39 is 0 Å². The molecule has 96 valence electrons. The molecule has 1 N–H and O–H groups in total. The molecule has 0 amide bonds. The standard InChI is InChI=1S/C16H15NO2/c1-19-16(17-14-10-6-3-7-11-14)12-15(18)13-8-4-2-5-9-13/h2-12,17H,1H3. The molecular formula is C16H15NO2. The lowest BCUT2D eigenvalue weighted by Crippen LogP contribution is -2.05. The zero-order valence-electron chi connectivity index (χ0n) is 10.7. The molecule has 0 spiro atoms. The number of carbonyl (C=O) groups is 1. The fourth-order valence-electron chi connectivity index (χ4n) is 1.61. The summed E-state index contributed by atoms with van der Waals surface area (Å²) in [5.74, 6) is 0.320. The van der Waals surface area contributed by atoms with Crippen molar-refractivity contribution in [2.45, 2.75) is 0 Å². The zero-order chi connectivity index (χ0) is 13.5. The SMILES string of the molecule is COC(=CC(=O)c1ccccc1)Nc1ccccc1. The Kier molecular flexibility index (Phi) is 4.34. The van der Waals surface area contributed by atoms with E-state index in [0.29, 0.717) is 11.4 Å². The van der Waals surface area contributed by atoms with Gasteiger partial charge in [-0.1, -0.05) is 48.5 Å². The number of nitrogens with one attached hydrogen (secondary N) is 1. The highest BCUT2D eigenvalue weighted by molar-refractivity contribution is 6.04. The largest absolute Gasteiger partial charge is 0.482 e. The van der Waals surface area contributed by atoms with Gasteiger partial charge in [-0.25, -0.2) is 0 Å². The number of rotatable bonds is 5. The summed E-state index contributed by atoms with van der Waals surface area (Å²) in [5, 5.41) is 3.05. The first-order chi connectivity index (χ1) is 9.29. The van der Waals surface area contributed by atoms with Crippen LogP contribution in [0.5, 0.6) is 0 Å². The van der Waals surface area contributed by atoms with E-state index in [1.54, 1.807) is 12.1 Å². The van der Waals surface area contributed by atoms with Crippen molar-refractivity contribution in [3.8, 4) is 0 Å². The first-order valence-electron chi connectivity index (χ1n) is 5.97. The highest BCUT2D eigenvalue weighted by Gasteiger charge is 2.05. The monoisotopic (exact) mass is 253 g/mol. The molecule has 0 aliphatic rings. The van der Waals surface area contributed by atoms with Gasteiger partial charge in [0, 0.05) is 17.3 Å². The Hall–Kier alpha value is -2.55. The average Bonchev–Trinajstić information content (AvgIpc) is 2.48. The summed E-state index contributed by atoms with van der Waals surface area (Å²) >= 11 is 0. The van der Waals surface area contributed by atoms with Gasteiger partial charge in [-0.05, 0) is 12.1 Å². The summed E-state index contributed by atoms with van der Waals surface area (Å²) in [7, 11) is 1.53. The second kappa shape index (κ2) is 6.40. The number of benzene rings is 2. The minimum atomic E-state index is -0.0964. The summed E-state index contributed by atoms with van der Waals surface area (Å²) in [5.41, 5.74) is 1.50. The van der Waals surface area contributed by atoms with Gasteiger partial charge >= 0.3 is 0 Å². The average molecular weight is 253 g/mol. The van der Waals surface area contributed by atoms with Crippen LogP contribution in [0.15, 0.2) is 72.6 Å². The number of ketones is 1. The molecule has 0 saturated carbocycles. The Morgan fingerprint density at radius 1 is 1.00 bits per heavy atom. The number of hydrogen-bond acceptors (Lipinski definition) is 3. The van der Waals surface area contributed by atoms with Gasteiger partial charge in [0.05, 0.1) is 7.11 Å². The molecule has 19 heavy (non-hydrogen) atoms. The van der Waals surface area contributed by atoms with E-state index in [1.807, 2.05) is 48.5 Å². The van der Waals surface area contributed by atoms with E-state index in [1.165, 1.54) is 13.2 Å². The summed E-state index contributed by atoms with van der Waals surface area (Å²) in [6.45, 7) is 0. The van der Waals surface area contributed by atoms with Crippen LogP contribution in [0.25, 0.3) is 0 Å². The molecule has 3 nitrogen and oxygen atoms in total. The van der Waals surface area contributed by atoms with Crippen LogP contribution in [0.4, 0.5) is 5.69 Å². The van der Waals surface area contributed by atoms with Crippen molar-refractivity contribution in [2.24, 2.45) is 0 Å². The van der Waals surface area contributed by atoms with Crippen LogP contribution in [-0.4, -0.2) is 12.9 Å². The number of ether oxygens (including phenoxy) is 1. The molecule has 0 atom stereocenters. The van der Waals surface area contributed by atoms with Gasteiger partial charge in [0.15, 0.2) is 11.7 Å². The molecule has 3 heteroatoms. The van der Waals surface area contributed by atoms with Crippen LogP contribution in [-0.2, 0) is 4.74 Å². The first-order valence-corrected chi connectivity index (χ1v) is 5.97. The molecule has 0 heterocycles. The van der Waals surface area contributed by atoms with Gasteiger partial charge in [0.25, 0.3) is 0 Å². The summed E-state index contributed by atoms with van der Waals surface area (Å²) < 4.78 is 5.18. The van der Waals surface area contributed by atoms with Crippen molar-refractivity contribution in [1.82, 2.24) is 0 Å². The smallest absolute Gasteiger partial charge is 0.194 e. The molecule has 2 aromatic rings. The minimum absolute atomic E-state index is 0.0964. The Balaban J connectivity index is 2.13. The maximum absolute atomic E-state index is 12.0. The molecular weight excluding hydrogens is 238 g/mol. The van der Waals surface area contributed by atoms with Gasteiger partial charge in [0.2, 0.25) is 0 Å². The van der Waals surface area contributed by atoms with Crippen molar-refractivity contribution >= 4 is 11.5 Å². The van der Waals surface area contributed by atoms with Gasteiger partial charge in [-0.3, -0.25) is 4.79 Å². The van der Waals surface area contributed by atoms with Gasteiger partial charge in [-0.2, -0.15) is 0 Å². The van der Waals surface area contributed by atoms with Crippen molar-refractivity contribution in [3.05, 3.63) is 78.2 Å². The topological polar surface area (TPSA) is 38.3 Å². The first kappa shape index (κ1) is 12.9. The molecule has 2 aromatic carbocycles. The number of methoxy groups -OCH3 is 1. The molecule has 0 fully saturated rings. The lowest BCUT2D eigenvalue weighted by molar-refractivity contribution is 0.104. The second-order valence-corrected chi connectivity index (χ2v) is 3.93. The van der Waals surface area contributed by atoms with E-state index in [9.17, 15) is 4.79 Å². The van der Waals surface area contributed by atoms with Crippen LogP contribution in [0.2, 0.25) is 0 Å². The van der Waals surface area contributed by atoms with Gasteiger partial charge < -0.3 is 10.1 Å². The number of hydrogen-bond donors (Lipinski definition) is 1. The molecule has 0 saturated heterocycles. The number of carbonyl (C=O) groups excluding carboxylic acids is 1. The van der Waals surface area contributed by atoms with Crippen molar-refractivity contribution in [3.63, 3.8) is 0 Å². The van der Waals surface area contributed by atoms with E-state index >= 15 is 0 Å². The van der Waals surface area contributed by atoms with Gasteiger partial charge in [0.1, 0.15) is 0 Å². The molecule has 0 aliphatic carbocycles. The normalized spacial score (nSPS) is 10.9. The molecule has 0 aliphatic heterocycles. The molecule has 0 aromatic heterocycles. The van der Waals surface area contributed by atoms with Crippen LogP contribution >= 0.6 is 0 Å². The van der Waals surface area contributed by atoms with Gasteiger partial charge in [-0.15, -0.1) is 0 Å². The lowest BCUT2D eigenvalue weighted by Gasteiger charge is -2.09. The minimum Gasteiger partial charge on any atom is -0.482 e. The van der Waals surface area contributed by atoms with Crippen molar-refractivity contribution in [2.75, 3.05) is 12.4 Å². The van der Waals surface area contributed by atoms with Crippen molar-refractivity contribution < 1.29 is 9.53 Å². The Bertz CT molecular complexity index is 562. The third kappa shape index (κ3) is 3.71. The van der Waals surface area contributed by atoms with E-state index in [4.69, 9.17) is 4.74 Å². The zero-order valence-corrected chi connectivity index (χ0v) is 10.7.